The van der Waals surface area contributed by atoms with Gasteiger partial charge in [-0.2, -0.15) is 0 Å². The molecule has 0 saturated heterocycles. The predicted octanol–water partition coefficient (Wildman–Crippen LogP) is -0.00760. The van der Waals surface area contributed by atoms with E-state index in [1.807, 2.05) is 0 Å². The van der Waals surface area contributed by atoms with Crippen LogP contribution in [0.2, 0.25) is 0 Å². The molecule has 1 heterocycles. The van der Waals surface area contributed by atoms with Gasteiger partial charge in [-0.05, 0) is 24.3 Å². The summed E-state index contributed by atoms with van der Waals surface area (Å²) < 4.78 is 31.9. The summed E-state index contributed by atoms with van der Waals surface area (Å²) in [7, 11) is -4.11. The van der Waals surface area contributed by atoms with Crippen molar-refractivity contribution in [3.8, 4) is 0 Å². The lowest BCUT2D eigenvalue weighted by Crippen LogP contribution is -2.37. The number of esters is 1. The fraction of sp³-hybridized carbons (Fsp3) is 0.188. The molecule has 0 spiro atoms. The molecule has 0 aliphatic carbocycles. The number of furan rings is 1. The summed E-state index contributed by atoms with van der Waals surface area (Å²) in [6.45, 7) is -0.649. The molecular weight excluding hydrogens is 378 g/mol. The molecule has 27 heavy (non-hydrogen) atoms. The van der Waals surface area contributed by atoms with Crippen molar-refractivity contribution in [1.82, 2.24) is 0 Å². The Morgan fingerprint density at radius 2 is 1.74 bits per heavy atom. The third-order valence-electron chi connectivity index (χ3n) is 3.34. The summed E-state index contributed by atoms with van der Waals surface area (Å²) in [6, 6.07) is 10.5. The van der Waals surface area contributed by atoms with Gasteiger partial charge in [-0.3, -0.25) is 9.59 Å². The van der Waals surface area contributed by atoms with Crippen molar-refractivity contribution in [2.75, 3.05) is 18.1 Å². The number of para-hydroxylation sites is 1. The molecule has 2 aromatic rings. The van der Waals surface area contributed by atoms with Gasteiger partial charge in [-0.1, -0.05) is 18.2 Å². The highest BCUT2D eigenvalue weighted by Crippen LogP contribution is 2.16. The number of hydrogen-bond donors (Lipinski definition) is 2. The van der Waals surface area contributed by atoms with Gasteiger partial charge in [-0.25, -0.2) is 18.4 Å². The SMILES string of the molecule is NC(=O)CCN(C(=O)COC(=O)c1ccc(S(N)(=O)=O)o1)c1ccccc1. The molecule has 11 heteroatoms. The van der Waals surface area contributed by atoms with E-state index < -0.39 is 45.3 Å². The summed E-state index contributed by atoms with van der Waals surface area (Å²) in [6.07, 6.45) is -0.0789. The molecule has 2 rings (SSSR count). The van der Waals surface area contributed by atoms with Gasteiger partial charge in [0.1, 0.15) is 0 Å². The largest absolute Gasteiger partial charge is 0.450 e. The number of nitrogens with two attached hydrogens (primary N) is 2. The smallest absolute Gasteiger partial charge is 0.374 e. The maximum Gasteiger partial charge on any atom is 0.374 e. The van der Waals surface area contributed by atoms with Crippen LogP contribution in [0, 0.1) is 0 Å². The summed E-state index contributed by atoms with van der Waals surface area (Å²) in [5.41, 5.74) is 5.62. The number of carbonyl (C=O) groups is 3. The first-order chi connectivity index (χ1) is 12.7. The van der Waals surface area contributed by atoms with Crippen molar-refractivity contribution in [2.24, 2.45) is 10.9 Å². The Kier molecular flexibility index (Phi) is 6.32. The van der Waals surface area contributed by atoms with Gasteiger partial charge in [0.2, 0.25) is 16.8 Å². The van der Waals surface area contributed by atoms with Gasteiger partial charge >= 0.3 is 5.97 Å². The van der Waals surface area contributed by atoms with Crippen LogP contribution in [0.4, 0.5) is 5.69 Å². The van der Waals surface area contributed by atoms with Crippen LogP contribution in [-0.4, -0.2) is 39.4 Å². The molecule has 144 valence electrons. The van der Waals surface area contributed by atoms with E-state index in [1.54, 1.807) is 30.3 Å². The highest BCUT2D eigenvalue weighted by molar-refractivity contribution is 7.89. The molecular formula is C16H17N3O7S. The number of rotatable bonds is 8. The lowest BCUT2D eigenvalue weighted by atomic mass is 10.2. The van der Waals surface area contributed by atoms with Crippen LogP contribution in [0.25, 0.3) is 0 Å². The molecule has 0 saturated carbocycles. The Hall–Kier alpha value is -3.18. The molecule has 0 aliphatic rings. The first kappa shape index (κ1) is 20.1. The molecule has 1 aromatic heterocycles. The molecule has 0 atom stereocenters. The standard InChI is InChI=1S/C16H17N3O7S/c17-13(20)8-9-19(11-4-2-1-3-5-11)14(21)10-25-16(22)12-6-7-15(26-12)27(18,23)24/h1-7H,8-10H2,(H2,17,20)(H2,18,23,24). The van der Waals surface area contributed by atoms with E-state index in [9.17, 15) is 22.8 Å². The number of primary amides is 1. The van der Waals surface area contributed by atoms with Gasteiger partial charge < -0.3 is 19.8 Å². The number of anilines is 1. The van der Waals surface area contributed by atoms with Gasteiger partial charge in [-0.15, -0.1) is 0 Å². The minimum Gasteiger partial charge on any atom is -0.450 e. The number of primary sulfonamides is 1. The Balaban J connectivity index is 2.05. The highest BCUT2D eigenvalue weighted by atomic mass is 32.2. The molecule has 1 aromatic carbocycles. The summed E-state index contributed by atoms with van der Waals surface area (Å²) >= 11 is 0. The van der Waals surface area contributed by atoms with Crippen LogP contribution in [0.1, 0.15) is 17.0 Å². The van der Waals surface area contributed by atoms with E-state index in [4.69, 9.17) is 20.0 Å². The second-order valence-electron chi connectivity index (χ2n) is 5.34. The molecule has 0 fully saturated rings. The zero-order chi connectivity index (χ0) is 20.0. The number of ether oxygens (including phenoxy) is 1. The van der Waals surface area contributed by atoms with Crippen molar-refractivity contribution in [1.29, 1.82) is 0 Å². The molecule has 0 radical (unpaired) electrons. The first-order valence-corrected chi connectivity index (χ1v) is 9.16. The van der Waals surface area contributed by atoms with Crippen LogP contribution in [0.15, 0.2) is 52.0 Å². The Labute approximate surface area is 154 Å². The third-order valence-corrected chi connectivity index (χ3v) is 4.12. The van der Waals surface area contributed by atoms with Crippen molar-refractivity contribution < 1.29 is 32.0 Å². The van der Waals surface area contributed by atoms with Crippen LogP contribution in [-0.2, 0) is 24.3 Å². The van der Waals surface area contributed by atoms with Crippen molar-refractivity contribution in [3.05, 3.63) is 48.2 Å². The fourth-order valence-electron chi connectivity index (χ4n) is 2.09. The van der Waals surface area contributed by atoms with Gasteiger partial charge in [0.25, 0.3) is 15.9 Å². The minimum atomic E-state index is -4.11. The third kappa shape index (κ3) is 5.66. The predicted molar refractivity (Wildman–Crippen MR) is 93.0 cm³/mol. The average molecular weight is 395 g/mol. The topological polar surface area (TPSA) is 163 Å². The monoisotopic (exact) mass is 395 g/mol. The van der Waals surface area contributed by atoms with E-state index in [0.29, 0.717) is 5.69 Å². The van der Waals surface area contributed by atoms with Gasteiger partial charge in [0, 0.05) is 18.7 Å². The normalized spacial score (nSPS) is 11.0. The Bertz CT molecular complexity index is 938. The molecule has 0 bridgehead atoms. The van der Waals surface area contributed by atoms with Crippen molar-refractivity contribution >= 4 is 33.5 Å². The van der Waals surface area contributed by atoms with E-state index in [2.05, 4.69) is 0 Å². The summed E-state index contributed by atoms with van der Waals surface area (Å²) in [5, 5.41) is 4.28. The number of benzene rings is 1. The number of nitrogens with zero attached hydrogens (tertiary/aromatic N) is 1. The lowest BCUT2D eigenvalue weighted by Gasteiger charge is -2.22. The maximum atomic E-state index is 12.4. The number of sulfonamides is 1. The minimum absolute atomic E-state index is 0.00600. The molecule has 10 nitrogen and oxygen atoms in total. The maximum absolute atomic E-state index is 12.4. The van der Waals surface area contributed by atoms with Crippen LogP contribution < -0.4 is 15.8 Å². The lowest BCUT2D eigenvalue weighted by molar-refractivity contribution is -0.122. The van der Waals surface area contributed by atoms with Crippen molar-refractivity contribution in [3.63, 3.8) is 0 Å². The van der Waals surface area contributed by atoms with E-state index >= 15 is 0 Å². The quantitative estimate of drug-likeness (QED) is 0.594. The van der Waals surface area contributed by atoms with Crippen molar-refractivity contribution in [2.45, 2.75) is 11.5 Å². The fourth-order valence-corrected chi connectivity index (χ4v) is 2.55. The highest BCUT2D eigenvalue weighted by Gasteiger charge is 2.22. The number of carbonyl (C=O) groups excluding carboxylic acids is 3. The molecule has 2 amide bonds. The Morgan fingerprint density at radius 1 is 1.07 bits per heavy atom. The van der Waals surface area contributed by atoms with E-state index in [1.165, 1.54) is 4.90 Å². The zero-order valence-electron chi connectivity index (χ0n) is 14.0. The van der Waals surface area contributed by atoms with Crippen LogP contribution in [0.3, 0.4) is 0 Å². The van der Waals surface area contributed by atoms with Crippen LogP contribution in [0.5, 0.6) is 0 Å². The Morgan fingerprint density at radius 3 is 2.30 bits per heavy atom. The molecule has 4 N–H and O–H groups in total. The summed E-state index contributed by atoms with van der Waals surface area (Å²) in [4.78, 5) is 36.6. The molecule has 0 aliphatic heterocycles. The molecule has 0 unspecified atom stereocenters. The van der Waals surface area contributed by atoms with E-state index in [-0.39, 0.29) is 13.0 Å². The second kappa shape index (κ2) is 8.47. The number of amides is 2. The van der Waals surface area contributed by atoms with Gasteiger partial charge in [0.15, 0.2) is 6.61 Å². The zero-order valence-corrected chi connectivity index (χ0v) is 14.8. The van der Waals surface area contributed by atoms with Gasteiger partial charge in [0.05, 0.1) is 0 Å². The summed E-state index contributed by atoms with van der Waals surface area (Å²) in [5.74, 6) is -2.66. The van der Waals surface area contributed by atoms with Crippen LogP contribution >= 0.6 is 0 Å². The average Bonchev–Trinajstić information content (AvgIpc) is 3.11. The first-order valence-electron chi connectivity index (χ1n) is 7.62. The number of hydrogen-bond acceptors (Lipinski definition) is 7. The van der Waals surface area contributed by atoms with E-state index in [0.717, 1.165) is 12.1 Å². The second-order valence-corrected chi connectivity index (χ2v) is 6.83.